The van der Waals surface area contributed by atoms with Gasteiger partial charge in [-0.2, -0.15) is 10.5 Å². The molecule has 0 atom stereocenters. The van der Waals surface area contributed by atoms with E-state index in [4.69, 9.17) is 0 Å². The Morgan fingerprint density at radius 3 is 2.77 bits per heavy atom. The average molecular weight is 481 g/mol. The number of amides is 2. The summed E-state index contributed by atoms with van der Waals surface area (Å²) in [5.41, 5.74) is 2.54. The molecule has 1 aromatic heterocycles. The summed E-state index contributed by atoms with van der Waals surface area (Å²) in [6.07, 6.45) is 3.79. The van der Waals surface area contributed by atoms with E-state index in [-0.39, 0.29) is 17.1 Å². The van der Waals surface area contributed by atoms with Crippen molar-refractivity contribution >= 4 is 55.3 Å². The topological polar surface area (TPSA) is 97.0 Å². The summed E-state index contributed by atoms with van der Waals surface area (Å²) in [6, 6.07) is 9.48. The number of aryl methyl sites for hydroxylation is 1. The van der Waals surface area contributed by atoms with Crippen LogP contribution >= 0.6 is 27.3 Å². The number of hydrogen-bond acceptors (Lipinski definition) is 5. The van der Waals surface area contributed by atoms with E-state index in [1.807, 2.05) is 19.1 Å². The maximum absolute atomic E-state index is 13.1. The van der Waals surface area contributed by atoms with E-state index in [9.17, 15) is 20.1 Å². The molecule has 1 aliphatic heterocycles. The third-order valence-corrected chi connectivity index (χ3v) is 7.09. The highest BCUT2D eigenvalue weighted by Crippen LogP contribution is 2.41. The molecule has 6 nitrogen and oxygen atoms in total. The first-order valence-corrected chi connectivity index (χ1v) is 11.2. The van der Waals surface area contributed by atoms with Gasteiger partial charge in [0, 0.05) is 21.5 Å². The number of carbonyl (C=O) groups is 2. The van der Waals surface area contributed by atoms with Crippen LogP contribution < -0.4 is 10.2 Å². The van der Waals surface area contributed by atoms with Crippen LogP contribution in [0.2, 0.25) is 0 Å². The molecule has 0 saturated heterocycles. The number of rotatable bonds is 3. The lowest BCUT2D eigenvalue weighted by atomic mass is 9.96. The highest BCUT2D eigenvalue weighted by Gasteiger charge is 2.36. The van der Waals surface area contributed by atoms with Gasteiger partial charge in [0.05, 0.1) is 16.8 Å². The van der Waals surface area contributed by atoms with Crippen LogP contribution in [-0.4, -0.2) is 18.4 Å². The molecule has 2 amide bonds. The molecule has 2 heterocycles. The van der Waals surface area contributed by atoms with Gasteiger partial charge in [0.25, 0.3) is 11.8 Å². The van der Waals surface area contributed by atoms with Crippen molar-refractivity contribution in [3.8, 4) is 12.1 Å². The van der Waals surface area contributed by atoms with Crippen LogP contribution in [0.15, 0.2) is 28.2 Å². The summed E-state index contributed by atoms with van der Waals surface area (Å²) in [5.74, 6) is -1.04. The second-order valence-electron chi connectivity index (χ2n) is 7.05. The monoisotopic (exact) mass is 480 g/mol. The molecule has 1 aliphatic carbocycles. The number of likely N-dealkylation sites (N-methyl/N-ethyl adjacent to an activating group) is 1. The van der Waals surface area contributed by atoms with Gasteiger partial charge in [-0.25, -0.2) is 0 Å². The Morgan fingerprint density at radius 1 is 1.30 bits per heavy atom. The highest BCUT2D eigenvalue weighted by molar-refractivity contribution is 9.10. The number of nitriles is 2. The molecule has 0 bridgehead atoms. The Morgan fingerprint density at radius 2 is 2.07 bits per heavy atom. The van der Waals surface area contributed by atoms with Crippen molar-refractivity contribution in [2.24, 2.45) is 0 Å². The molecule has 0 fully saturated rings. The maximum Gasteiger partial charge on any atom is 0.267 e. The van der Waals surface area contributed by atoms with Gasteiger partial charge in [0.15, 0.2) is 0 Å². The summed E-state index contributed by atoms with van der Waals surface area (Å²) in [7, 11) is 0. The van der Waals surface area contributed by atoms with Gasteiger partial charge in [-0.15, -0.1) is 11.3 Å². The molecule has 4 rings (SSSR count). The standard InChI is InChI=1S/C22H17BrN4O2S/c1-2-27-17-8-7-12(23)9-14(17)19(22(27)29)16(11-25)20(28)26-21-15(10-24)13-5-3-4-6-18(13)30-21/h7-9H,2-6H2,1H3,(H,26,28)/b19-16-. The van der Waals surface area contributed by atoms with Crippen molar-refractivity contribution in [2.75, 3.05) is 16.8 Å². The second-order valence-corrected chi connectivity index (χ2v) is 9.07. The molecule has 8 heteroatoms. The van der Waals surface area contributed by atoms with Gasteiger partial charge in [-0.3, -0.25) is 9.59 Å². The van der Waals surface area contributed by atoms with Crippen molar-refractivity contribution in [1.82, 2.24) is 0 Å². The van der Waals surface area contributed by atoms with E-state index in [0.717, 1.165) is 40.6 Å². The normalized spacial score (nSPS) is 16.4. The zero-order chi connectivity index (χ0) is 21.4. The number of benzene rings is 1. The Balaban J connectivity index is 1.78. The van der Waals surface area contributed by atoms with Crippen molar-refractivity contribution in [3.05, 3.63) is 49.8 Å². The molecule has 2 aromatic rings. The average Bonchev–Trinajstić information content (AvgIpc) is 3.22. The number of nitrogens with zero attached hydrogens (tertiary/aromatic N) is 3. The van der Waals surface area contributed by atoms with Crippen LogP contribution in [0.4, 0.5) is 10.7 Å². The van der Waals surface area contributed by atoms with Crippen LogP contribution in [0.5, 0.6) is 0 Å². The van der Waals surface area contributed by atoms with Gasteiger partial charge in [-0.05, 0) is 56.4 Å². The molecule has 150 valence electrons. The Kier molecular flexibility index (Phi) is 5.46. The first-order chi connectivity index (χ1) is 14.5. The lowest BCUT2D eigenvalue weighted by molar-refractivity contribution is -0.114. The molecular formula is C22H17BrN4O2S. The van der Waals surface area contributed by atoms with Gasteiger partial charge < -0.3 is 10.2 Å². The first-order valence-electron chi connectivity index (χ1n) is 9.62. The molecule has 30 heavy (non-hydrogen) atoms. The SMILES string of the molecule is CCN1C(=O)/C(=C(/C#N)C(=O)Nc2sc3c(c2C#N)CCCC3)c2cc(Br)ccc21. The van der Waals surface area contributed by atoms with Gasteiger partial charge in [0.1, 0.15) is 22.7 Å². The number of halogens is 1. The number of hydrogen-bond donors (Lipinski definition) is 1. The van der Waals surface area contributed by atoms with E-state index in [0.29, 0.717) is 28.4 Å². The van der Waals surface area contributed by atoms with E-state index in [1.54, 1.807) is 17.0 Å². The minimum absolute atomic E-state index is 0.0907. The Bertz CT molecular complexity index is 1200. The summed E-state index contributed by atoms with van der Waals surface area (Å²) >= 11 is 4.79. The zero-order valence-electron chi connectivity index (χ0n) is 16.2. The van der Waals surface area contributed by atoms with E-state index < -0.39 is 5.91 Å². The molecule has 0 spiro atoms. The molecular weight excluding hydrogens is 464 g/mol. The van der Waals surface area contributed by atoms with Gasteiger partial charge in [0.2, 0.25) is 0 Å². The third kappa shape index (κ3) is 3.23. The van der Waals surface area contributed by atoms with Crippen LogP contribution in [0.3, 0.4) is 0 Å². The Labute approximate surface area is 186 Å². The zero-order valence-corrected chi connectivity index (χ0v) is 18.6. The van der Waals surface area contributed by atoms with Gasteiger partial charge >= 0.3 is 0 Å². The van der Waals surface area contributed by atoms with Crippen LogP contribution in [0, 0.1) is 22.7 Å². The lowest BCUT2D eigenvalue weighted by Crippen LogP contribution is -2.27. The second kappa shape index (κ2) is 8.06. The quantitative estimate of drug-likeness (QED) is 0.514. The van der Waals surface area contributed by atoms with Crippen LogP contribution in [0.25, 0.3) is 5.57 Å². The predicted molar refractivity (Wildman–Crippen MR) is 119 cm³/mol. The number of carbonyl (C=O) groups excluding carboxylic acids is 2. The minimum Gasteiger partial charge on any atom is -0.312 e. The van der Waals surface area contributed by atoms with E-state index >= 15 is 0 Å². The van der Waals surface area contributed by atoms with Gasteiger partial charge in [-0.1, -0.05) is 15.9 Å². The molecule has 0 radical (unpaired) electrons. The maximum atomic E-state index is 13.1. The predicted octanol–water partition coefficient (Wildman–Crippen LogP) is 4.54. The van der Waals surface area contributed by atoms with Crippen LogP contribution in [-0.2, 0) is 22.4 Å². The fourth-order valence-corrected chi connectivity index (χ4v) is 5.61. The lowest BCUT2D eigenvalue weighted by Gasteiger charge is -2.13. The molecule has 2 aliphatic rings. The summed E-state index contributed by atoms with van der Waals surface area (Å²) in [5, 5.41) is 22.6. The van der Waals surface area contributed by atoms with Crippen molar-refractivity contribution < 1.29 is 9.59 Å². The largest absolute Gasteiger partial charge is 0.312 e. The summed E-state index contributed by atoms with van der Waals surface area (Å²) in [4.78, 5) is 28.7. The van der Waals surface area contributed by atoms with Crippen molar-refractivity contribution in [2.45, 2.75) is 32.6 Å². The summed E-state index contributed by atoms with van der Waals surface area (Å²) in [6.45, 7) is 2.27. The molecule has 1 aromatic carbocycles. The molecule has 1 N–H and O–H groups in total. The Hall–Kier alpha value is -2.94. The molecule has 0 unspecified atom stereocenters. The fraction of sp³-hybridized carbons (Fsp3) is 0.273. The number of nitrogens with one attached hydrogen (secondary N) is 1. The fourth-order valence-electron chi connectivity index (χ4n) is 4.02. The highest BCUT2D eigenvalue weighted by atomic mass is 79.9. The number of fused-ring (bicyclic) bond motifs is 2. The van der Waals surface area contributed by atoms with Crippen LogP contribution in [0.1, 0.15) is 41.3 Å². The number of thiophene rings is 1. The minimum atomic E-state index is -0.667. The van der Waals surface area contributed by atoms with Crippen molar-refractivity contribution in [3.63, 3.8) is 0 Å². The van der Waals surface area contributed by atoms with E-state index in [1.165, 1.54) is 11.3 Å². The first kappa shape index (κ1) is 20.3. The van der Waals surface area contributed by atoms with Crippen molar-refractivity contribution in [1.29, 1.82) is 10.5 Å². The number of anilines is 2. The third-order valence-electron chi connectivity index (χ3n) is 5.39. The molecule has 0 saturated carbocycles. The van der Waals surface area contributed by atoms with E-state index in [2.05, 4.69) is 27.3 Å². The smallest absolute Gasteiger partial charge is 0.267 e. The summed E-state index contributed by atoms with van der Waals surface area (Å²) < 4.78 is 0.750.